The van der Waals surface area contributed by atoms with E-state index in [-0.39, 0.29) is 11.9 Å². The first-order valence-corrected chi connectivity index (χ1v) is 13.4. The van der Waals surface area contributed by atoms with Gasteiger partial charge < -0.3 is 13.9 Å². The molecule has 4 rings (SSSR count). The molecule has 9 heteroatoms. The Morgan fingerprint density at radius 2 is 1.82 bits per heavy atom. The fourth-order valence-electron chi connectivity index (χ4n) is 5.05. The Hall–Kier alpha value is -3.33. The third-order valence-corrected chi connectivity index (χ3v) is 7.33. The summed E-state index contributed by atoms with van der Waals surface area (Å²) < 4.78 is 55.4. The molecular formula is C30H35F3N2O4. The van der Waals surface area contributed by atoms with Crippen molar-refractivity contribution >= 4 is 5.97 Å². The number of hydrogen-bond acceptors (Lipinski definition) is 6. The number of aromatic nitrogens is 1. The van der Waals surface area contributed by atoms with Crippen molar-refractivity contribution in [2.45, 2.75) is 59.2 Å². The van der Waals surface area contributed by atoms with E-state index in [9.17, 15) is 18.0 Å². The lowest BCUT2D eigenvalue weighted by Crippen LogP contribution is -2.47. The monoisotopic (exact) mass is 544 g/mol. The molecule has 1 fully saturated rings. The molecule has 0 radical (unpaired) electrons. The molecule has 1 aromatic heterocycles. The van der Waals surface area contributed by atoms with Crippen molar-refractivity contribution < 1.29 is 31.9 Å². The minimum atomic E-state index is -4.38. The van der Waals surface area contributed by atoms with E-state index in [1.807, 2.05) is 31.2 Å². The molecule has 0 bridgehead atoms. The summed E-state index contributed by atoms with van der Waals surface area (Å²) in [5.41, 5.74) is 1.19. The second-order valence-corrected chi connectivity index (χ2v) is 10.0. The summed E-state index contributed by atoms with van der Waals surface area (Å²) in [4.78, 5) is 19.4. The van der Waals surface area contributed by atoms with Crippen LogP contribution in [0.15, 0.2) is 52.9 Å². The number of oxazole rings is 1. The Morgan fingerprint density at radius 3 is 2.46 bits per heavy atom. The van der Waals surface area contributed by atoms with Crippen LogP contribution >= 0.6 is 0 Å². The standard InChI is InChI=1S/C30H35F3N2O4/c1-4-29(28(36)37-5-2)16-6-17-35(20-29)19-22-7-13-25(14-8-22)38-18-15-26-21(3)39-27(34-26)23-9-11-24(12-10-23)30(31,32)33/h7-14H,4-6,15-20H2,1-3H3. The molecule has 39 heavy (non-hydrogen) atoms. The van der Waals surface area contributed by atoms with Crippen LogP contribution in [0.5, 0.6) is 5.75 Å². The van der Waals surface area contributed by atoms with Crippen LogP contribution in [0.1, 0.15) is 55.7 Å². The van der Waals surface area contributed by atoms with E-state index in [0.717, 1.165) is 55.8 Å². The molecule has 1 atom stereocenters. The minimum Gasteiger partial charge on any atom is -0.493 e. The lowest BCUT2D eigenvalue weighted by Gasteiger charge is -2.40. The van der Waals surface area contributed by atoms with Crippen molar-refractivity contribution in [2.75, 3.05) is 26.3 Å². The molecule has 1 saturated heterocycles. The van der Waals surface area contributed by atoms with E-state index in [1.54, 1.807) is 6.92 Å². The van der Waals surface area contributed by atoms with Gasteiger partial charge in [-0.1, -0.05) is 19.1 Å². The molecule has 2 aromatic carbocycles. The highest BCUT2D eigenvalue weighted by Crippen LogP contribution is 2.35. The van der Waals surface area contributed by atoms with Crippen molar-refractivity contribution in [3.05, 3.63) is 71.1 Å². The van der Waals surface area contributed by atoms with Gasteiger partial charge in [-0.2, -0.15) is 13.2 Å². The van der Waals surface area contributed by atoms with E-state index in [2.05, 4.69) is 16.8 Å². The van der Waals surface area contributed by atoms with E-state index in [1.165, 1.54) is 12.1 Å². The van der Waals surface area contributed by atoms with Crippen molar-refractivity contribution in [3.8, 4) is 17.2 Å². The number of halogens is 3. The number of carbonyl (C=O) groups is 1. The summed E-state index contributed by atoms with van der Waals surface area (Å²) in [5, 5.41) is 0. The summed E-state index contributed by atoms with van der Waals surface area (Å²) in [6, 6.07) is 12.7. The predicted octanol–water partition coefficient (Wildman–Crippen LogP) is 6.85. The number of esters is 1. The molecule has 1 aliphatic rings. The normalized spacial score (nSPS) is 18.2. The van der Waals surface area contributed by atoms with Crippen LogP contribution in [0.4, 0.5) is 13.2 Å². The number of likely N-dealkylation sites (tertiary alicyclic amines) is 1. The summed E-state index contributed by atoms with van der Waals surface area (Å²) in [7, 11) is 0. The number of ether oxygens (including phenoxy) is 2. The second kappa shape index (κ2) is 12.2. The lowest BCUT2D eigenvalue weighted by molar-refractivity contribution is -0.159. The highest BCUT2D eigenvalue weighted by atomic mass is 19.4. The fourth-order valence-corrected chi connectivity index (χ4v) is 5.05. The topological polar surface area (TPSA) is 64.8 Å². The van der Waals surface area contributed by atoms with Gasteiger partial charge in [0.15, 0.2) is 0 Å². The molecule has 2 heterocycles. The average molecular weight is 545 g/mol. The van der Waals surface area contributed by atoms with Gasteiger partial charge in [0.2, 0.25) is 5.89 Å². The molecule has 0 N–H and O–H groups in total. The lowest BCUT2D eigenvalue weighted by atomic mass is 9.77. The summed E-state index contributed by atoms with van der Waals surface area (Å²) in [5.74, 6) is 1.54. The van der Waals surface area contributed by atoms with Gasteiger partial charge in [0.1, 0.15) is 11.5 Å². The molecule has 1 aliphatic heterocycles. The van der Waals surface area contributed by atoms with E-state index in [0.29, 0.717) is 43.2 Å². The van der Waals surface area contributed by atoms with Crippen molar-refractivity contribution in [1.29, 1.82) is 0 Å². The Bertz CT molecular complexity index is 1240. The number of hydrogen-bond donors (Lipinski definition) is 0. The molecule has 0 spiro atoms. The number of alkyl halides is 3. The maximum atomic E-state index is 12.8. The Labute approximate surface area is 227 Å². The van der Waals surface area contributed by atoms with Crippen molar-refractivity contribution in [2.24, 2.45) is 5.41 Å². The predicted molar refractivity (Wildman–Crippen MR) is 141 cm³/mol. The minimum absolute atomic E-state index is 0.0882. The number of piperidine rings is 1. The van der Waals surface area contributed by atoms with Gasteiger partial charge in [-0.3, -0.25) is 9.69 Å². The molecule has 0 amide bonds. The van der Waals surface area contributed by atoms with Crippen LogP contribution in [0, 0.1) is 12.3 Å². The number of aryl methyl sites for hydroxylation is 1. The molecule has 6 nitrogen and oxygen atoms in total. The van der Waals surface area contributed by atoms with Crippen LogP contribution < -0.4 is 4.74 Å². The van der Waals surface area contributed by atoms with Crippen molar-refractivity contribution in [1.82, 2.24) is 9.88 Å². The van der Waals surface area contributed by atoms with Gasteiger partial charge in [0.05, 0.1) is 29.9 Å². The number of carbonyl (C=O) groups excluding carboxylic acids is 1. The number of nitrogens with zero attached hydrogens (tertiary/aromatic N) is 2. The summed E-state index contributed by atoms with van der Waals surface area (Å²) in [6.45, 7) is 8.87. The third-order valence-electron chi connectivity index (χ3n) is 7.33. The molecule has 3 aromatic rings. The van der Waals surface area contributed by atoms with Crippen LogP contribution in [0.25, 0.3) is 11.5 Å². The maximum Gasteiger partial charge on any atom is 0.416 e. The van der Waals surface area contributed by atoms with Gasteiger partial charge in [-0.25, -0.2) is 4.98 Å². The fraction of sp³-hybridized carbons (Fsp3) is 0.467. The highest BCUT2D eigenvalue weighted by Gasteiger charge is 2.41. The maximum absolute atomic E-state index is 12.8. The third kappa shape index (κ3) is 7.01. The van der Waals surface area contributed by atoms with Crippen LogP contribution in [0.2, 0.25) is 0 Å². The van der Waals surface area contributed by atoms with E-state index in [4.69, 9.17) is 13.9 Å². The Balaban J connectivity index is 1.29. The zero-order valence-corrected chi connectivity index (χ0v) is 22.6. The first kappa shape index (κ1) is 28.7. The summed E-state index contributed by atoms with van der Waals surface area (Å²) in [6.07, 6.45) is -1.28. The second-order valence-electron chi connectivity index (χ2n) is 10.0. The molecule has 0 saturated carbocycles. The molecule has 1 unspecified atom stereocenters. The van der Waals surface area contributed by atoms with E-state index >= 15 is 0 Å². The quantitative estimate of drug-likeness (QED) is 0.260. The van der Waals surface area contributed by atoms with Gasteiger partial charge in [-0.15, -0.1) is 0 Å². The largest absolute Gasteiger partial charge is 0.493 e. The average Bonchev–Trinajstić information content (AvgIpc) is 3.29. The smallest absolute Gasteiger partial charge is 0.416 e. The molecule has 210 valence electrons. The molecule has 0 aliphatic carbocycles. The first-order chi connectivity index (χ1) is 18.6. The first-order valence-electron chi connectivity index (χ1n) is 13.4. The van der Waals surface area contributed by atoms with E-state index < -0.39 is 17.2 Å². The van der Waals surface area contributed by atoms with Crippen LogP contribution in [0.3, 0.4) is 0 Å². The zero-order chi connectivity index (χ0) is 28.0. The zero-order valence-electron chi connectivity index (χ0n) is 22.6. The van der Waals surface area contributed by atoms with Crippen molar-refractivity contribution in [3.63, 3.8) is 0 Å². The van der Waals surface area contributed by atoms with Gasteiger partial charge in [0, 0.05) is 25.1 Å². The number of benzene rings is 2. The summed E-state index contributed by atoms with van der Waals surface area (Å²) >= 11 is 0. The van der Waals surface area contributed by atoms with Gasteiger partial charge in [0.25, 0.3) is 0 Å². The Morgan fingerprint density at radius 1 is 1.10 bits per heavy atom. The van der Waals surface area contributed by atoms with Crippen LogP contribution in [-0.2, 0) is 28.7 Å². The Kier molecular flexibility index (Phi) is 9.00. The van der Waals surface area contributed by atoms with Gasteiger partial charge in [-0.05, 0) is 81.6 Å². The van der Waals surface area contributed by atoms with Crippen LogP contribution in [-0.4, -0.2) is 42.2 Å². The highest BCUT2D eigenvalue weighted by molar-refractivity contribution is 5.77. The molecular weight excluding hydrogens is 509 g/mol. The SMILES string of the molecule is CCOC(=O)C1(CC)CCCN(Cc2ccc(OCCc3nc(-c4ccc(C(F)(F)F)cc4)oc3C)cc2)C1. The number of rotatable bonds is 10. The van der Waals surface area contributed by atoms with Gasteiger partial charge >= 0.3 is 12.1 Å².